The molecule has 3 aromatic rings. The average molecular weight is 441 g/mol. The quantitative estimate of drug-likeness (QED) is 0.439. The summed E-state index contributed by atoms with van der Waals surface area (Å²) < 4.78 is 0. The van der Waals surface area contributed by atoms with Gasteiger partial charge in [-0.25, -0.2) is 0 Å². The van der Waals surface area contributed by atoms with Gasteiger partial charge in [0.15, 0.2) is 0 Å². The van der Waals surface area contributed by atoms with Crippen LogP contribution in [0.2, 0.25) is 0 Å². The first-order valence-corrected chi connectivity index (χ1v) is 11.3. The largest absolute Gasteiger partial charge is 0.507 e. The summed E-state index contributed by atoms with van der Waals surface area (Å²) in [5.41, 5.74) is 4.14. The predicted molar refractivity (Wildman–Crippen MR) is 138 cm³/mol. The highest BCUT2D eigenvalue weighted by Gasteiger charge is 2.30. The number of hydrogen-bond donors (Lipinski definition) is 1. The Hall–Kier alpha value is -3.40. The van der Waals surface area contributed by atoms with Gasteiger partial charge >= 0.3 is 0 Å². The van der Waals surface area contributed by atoms with Crippen molar-refractivity contribution in [3.63, 3.8) is 0 Å². The minimum absolute atomic E-state index is 0.148. The molecule has 0 aromatic heterocycles. The van der Waals surface area contributed by atoms with Gasteiger partial charge in [-0.3, -0.25) is 4.79 Å². The Morgan fingerprint density at radius 1 is 0.848 bits per heavy atom. The maximum Gasteiger partial charge on any atom is 0.280 e. The number of carbonyl (C=O) groups excluding carboxylic acids is 1. The van der Waals surface area contributed by atoms with Gasteiger partial charge in [0.05, 0.1) is 17.0 Å². The molecule has 0 saturated carbocycles. The molecule has 3 aromatic carbocycles. The van der Waals surface area contributed by atoms with E-state index in [2.05, 4.69) is 52.7 Å². The SMILES string of the molecule is CC1=NN(c2ccc3ccccc3c2)C(=O)C1=Cc1cc(C(C)(C)C)c(O)c(C(C)(C)C)c1. The molecule has 4 heteroatoms. The molecule has 0 bridgehead atoms. The van der Waals surface area contributed by atoms with Crippen molar-refractivity contribution in [2.75, 3.05) is 5.01 Å². The molecule has 0 aliphatic carbocycles. The maximum absolute atomic E-state index is 13.4. The van der Waals surface area contributed by atoms with Crippen LogP contribution in [0.1, 0.15) is 65.2 Å². The highest BCUT2D eigenvalue weighted by atomic mass is 16.3. The van der Waals surface area contributed by atoms with Gasteiger partial charge in [0.2, 0.25) is 0 Å². The van der Waals surface area contributed by atoms with Crippen molar-refractivity contribution in [3.8, 4) is 5.75 Å². The van der Waals surface area contributed by atoms with Crippen LogP contribution in [0.5, 0.6) is 5.75 Å². The summed E-state index contributed by atoms with van der Waals surface area (Å²) in [5.74, 6) is 0.184. The van der Waals surface area contributed by atoms with E-state index in [0.717, 1.165) is 33.2 Å². The predicted octanol–water partition coefficient (Wildman–Crippen LogP) is 6.95. The van der Waals surface area contributed by atoms with Crippen LogP contribution in [0.3, 0.4) is 0 Å². The Bertz CT molecular complexity index is 1280. The number of carbonyl (C=O) groups is 1. The lowest BCUT2D eigenvalue weighted by Crippen LogP contribution is -2.21. The van der Waals surface area contributed by atoms with Crippen LogP contribution in [-0.2, 0) is 15.6 Å². The highest BCUT2D eigenvalue weighted by molar-refractivity contribution is 6.32. The van der Waals surface area contributed by atoms with Gasteiger partial charge < -0.3 is 5.11 Å². The van der Waals surface area contributed by atoms with E-state index in [4.69, 9.17) is 0 Å². The van der Waals surface area contributed by atoms with Gasteiger partial charge in [-0.05, 0) is 64.4 Å². The zero-order valence-electron chi connectivity index (χ0n) is 20.5. The van der Waals surface area contributed by atoms with Gasteiger partial charge in [-0.1, -0.05) is 71.9 Å². The van der Waals surface area contributed by atoms with E-state index in [1.807, 2.05) is 61.5 Å². The zero-order chi connectivity index (χ0) is 24.1. The number of aromatic hydroxyl groups is 1. The third-order valence-electron chi connectivity index (χ3n) is 6.10. The lowest BCUT2D eigenvalue weighted by molar-refractivity contribution is -0.114. The number of hydrogen-bond acceptors (Lipinski definition) is 3. The third-order valence-corrected chi connectivity index (χ3v) is 6.10. The summed E-state index contributed by atoms with van der Waals surface area (Å²) in [6, 6.07) is 18.0. The lowest BCUT2D eigenvalue weighted by atomic mass is 9.78. The van der Waals surface area contributed by atoms with Crippen molar-refractivity contribution in [2.24, 2.45) is 5.10 Å². The summed E-state index contributed by atoms with van der Waals surface area (Å²) in [6.45, 7) is 14.4. The smallest absolute Gasteiger partial charge is 0.280 e. The molecule has 1 heterocycles. The van der Waals surface area contributed by atoms with Crippen molar-refractivity contribution in [2.45, 2.75) is 59.3 Å². The number of phenolic OH excluding ortho intramolecular Hbond substituents is 1. The summed E-state index contributed by atoms with van der Waals surface area (Å²) in [7, 11) is 0. The highest BCUT2D eigenvalue weighted by Crippen LogP contribution is 2.40. The number of rotatable bonds is 2. The molecule has 0 unspecified atom stereocenters. The molecule has 0 atom stereocenters. The van der Waals surface area contributed by atoms with Crippen molar-refractivity contribution >= 4 is 34.2 Å². The van der Waals surface area contributed by atoms with E-state index in [1.165, 1.54) is 5.01 Å². The summed E-state index contributed by atoms with van der Waals surface area (Å²) in [4.78, 5) is 13.4. The first kappa shape index (κ1) is 22.8. The standard InChI is InChI=1S/C29H32N2O2/c1-18-23(14-19-15-24(28(2,3)4)26(32)25(16-19)29(5,6)7)27(33)31(30-18)22-13-12-20-10-8-9-11-21(20)17-22/h8-17,32H,1-7H3. The van der Waals surface area contributed by atoms with Crippen LogP contribution in [0, 0.1) is 0 Å². The molecule has 1 aliphatic rings. The number of hydrazone groups is 1. The topological polar surface area (TPSA) is 52.9 Å². The van der Waals surface area contributed by atoms with E-state index in [-0.39, 0.29) is 16.7 Å². The summed E-state index contributed by atoms with van der Waals surface area (Å²) in [6.07, 6.45) is 1.89. The number of benzene rings is 3. The zero-order valence-corrected chi connectivity index (χ0v) is 20.5. The Morgan fingerprint density at radius 2 is 1.42 bits per heavy atom. The second-order valence-corrected chi connectivity index (χ2v) is 10.9. The molecule has 4 nitrogen and oxygen atoms in total. The normalized spacial score (nSPS) is 16.1. The molecule has 170 valence electrons. The monoisotopic (exact) mass is 440 g/mol. The molecule has 0 fully saturated rings. The fourth-order valence-electron chi connectivity index (χ4n) is 4.22. The van der Waals surface area contributed by atoms with Crippen molar-refractivity contribution in [1.82, 2.24) is 0 Å². The lowest BCUT2D eigenvalue weighted by Gasteiger charge is -2.28. The average Bonchev–Trinajstić information content (AvgIpc) is 3.01. The fraction of sp³-hybridized carbons (Fsp3) is 0.310. The fourth-order valence-corrected chi connectivity index (χ4v) is 4.22. The molecule has 1 N–H and O–H groups in total. The Balaban J connectivity index is 1.78. The van der Waals surface area contributed by atoms with E-state index in [0.29, 0.717) is 17.0 Å². The summed E-state index contributed by atoms with van der Waals surface area (Å²) >= 11 is 0. The van der Waals surface area contributed by atoms with E-state index in [9.17, 15) is 9.90 Å². The second-order valence-electron chi connectivity index (χ2n) is 10.9. The Labute approximate surface area is 196 Å². The molecule has 0 spiro atoms. The van der Waals surface area contributed by atoms with E-state index in [1.54, 1.807) is 0 Å². The Kier molecular flexibility index (Phi) is 5.44. The molecule has 4 rings (SSSR count). The van der Waals surface area contributed by atoms with Crippen LogP contribution in [0.15, 0.2) is 65.3 Å². The number of anilines is 1. The van der Waals surface area contributed by atoms with Crippen molar-refractivity contribution in [1.29, 1.82) is 0 Å². The minimum Gasteiger partial charge on any atom is -0.507 e. The number of nitrogens with zero attached hydrogens (tertiary/aromatic N) is 2. The molecule has 0 radical (unpaired) electrons. The molecule has 33 heavy (non-hydrogen) atoms. The Morgan fingerprint density at radius 3 is 2.00 bits per heavy atom. The number of phenols is 1. The first-order valence-electron chi connectivity index (χ1n) is 11.3. The van der Waals surface area contributed by atoms with Crippen LogP contribution >= 0.6 is 0 Å². The van der Waals surface area contributed by atoms with Crippen molar-refractivity contribution < 1.29 is 9.90 Å². The third kappa shape index (κ3) is 4.30. The van der Waals surface area contributed by atoms with Crippen LogP contribution in [0.25, 0.3) is 16.8 Å². The minimum atomic E-state index is -0.238. The molecule has 0 saturated heterocycles. The molecular formula is C29H32N2O2. The van der Waals surface area contributed by atoms with Gasteiger partial charge in [0.1, 0.15) is 5.75 Å². The summed E-state index contributed by atoms with van der Waals surface area (Å²) in [5, 5.41) is 19.2. The van der Waals surface area contributed by atoms with Crippen LogP contribution < -0.4 is 5.01 Å². The van der Waals surface area contributed by atoms with E-state index >= 15 is 0 Å². The number of fused-ring (bicyclic) bond motifs is 1. The second kappa shape index (κ2) is 7.87. The van der Waals surface area contributed by atoms with Gasteiger partial charge in [0.25, 0.3) is 5.91 Å². The molecule has 1 aliphatic heterocycles. The molecule has 1 amide bonds. The van der Waals surface area contributed by atoms with Gasteiger partial charge in [-0.15, -0.1) is 0 Å². The van der Waals surface area contributed by atoms with E-state index < -0.39 is 0 Å². The van der Waals surface area contributed by atoms with Gasteiger partial charge in [-0.2, -0.15) is 10.1 Å². The number of amides is 1. The maximum atomic E-state index is 13.4. The van der Waals surface area contributed by atoms with Crippen LogP contribution in [-0.4, -0.2) is 16.7 Å². The van der Waals surface area contributed by atoms with Crippen molar-refractivity contribution in [3.05, 3.63) is 76.9 Å². The van der Waals surface area contributed by atoms with Gasteiger partial charge in [0, 0.05) is 11.1 Å². The first-order chi connectivity index (χ1) is 15.4. The van der Waals surface area contributed by atoms with Crippen LogP contribution in [0.4, 0.5) is 5.69 Å². The molecular weight excluding hydrogens is 408 g/mol.